The molecule has 2 unspecified atom stereocenters. The van der Waals surface area contributed by atoms with Crippen LogP contribution in [-0.2, 0) is 0 Å². The number of hydrogen-bond donors (Lipinski definition) is 1. The molecule has 1 saturated carbocycles. The Hall–Kier alpha value is -2.94. The number of benzene rings is 1. The van der Waals surface area contributed by atoms with E-state index in [2.05, 4.69) is 68.7 Å². The summed E-state index contributed by atoms with van der Waals surface area (Å²) in [5.74, 6) is 2.10. The van der Waals surface area contributed by atoms with E-state index in [-0.39, 0.29) is 6.04 Å². The van der Waals surface area contributed by atoms with Crippen LogP contribution in [0.1, 0.15) is 35.8 Å². The van der Waals surface area contributed by atoms with Gasteiger partial charge in [0.1, 0.15) is 17.2 Å². The number of nitrogens with two attached hydrogens (primary N) is 1. The fourth-order valence-corrected chi connectivity index (χ4v) is 7.05. The number of aromatic nitrogens is 3. The predicted molar refractivity (Wildman–Crippen MR) is 147 cm³/mol. The number of hydrogen-bond acceptors (Lipinski definition) is 7. The Kier molecular flexibility index (Phi) is 5.49. The zero-order valence-corrected chi connectivity index (χ0v) is 21.3. The molecule has 36 heavy (non-hydrogen) atoms. The van der Waals surface area contributed by atoms with E-state index < -0.39 is 0 Å². The van der Waals surface area contributed by atoms with Crippen LogP contribution in [0.15, 0.2) is 65.9 Å². The standard InChI is InChI=1S/C28H31N7S/c1-33-11-13-34(14-12-33)21-15-20(16-21)27-32-24(25-26(29)30-9-10-35(25)27)19-7-8-23-22(17-19)31-28(36-23)18-5-3-2-4-6-18/h2-10,17,20-23H,11-16H2,1H3,(H2,29,30). The quantitative estimate of drug-likeness (QED) is 0.593. The van der Waals surface area contributed by atoms with Gasteiger partial charge >= 0.3 is 0 Å². The Morgan fingerprint density at radius 2 is 1.86 bits per heavy atom. The minimum atomic E-state index is 0.105. The fourth-order valence-electron chi connectivity index (χ4n) is 5.90. The van der Waals surface area contributed by atoms with Gasteiger partial charge in [-0.05, 0) is 26.0 Å². The molecule has 4 aliphatic rings. The first-order valence-corrected chi connectivity index (χ1v) is 13.8. The maximum absolute atomic E-state index is 6.43. The molecule has 1 aromatic carbocycles. The molecule has 2 aromatic heterocycles. The molecule has 2 fully saturated rings. The average Bonchev–Trinajstić information content (AvgIpc) is 3.47. The molecular weight excluding hydrogens is 466 g/mol. The second kappa shape index (κ2) is 8.87. The number of likely N-dealkylation sites (N-methyl/N-ethyl adjacent to an activating group) is 1. The lowest BCUT2D eigenvalue weighted by atomic mass is 9.78. The van der Waals surface area contributed by atoms with Gasteiger partial charge in [-0.15, -0.1) is 0 Å². The van der Waals surface area contributed by atoms with E-state index in [0.717, 1.165) is 53.6 Å². The molecule has 0 spiro atoms. The number of nitrogens with zero attached hydrogens (tertiary/aromatic N) is 6. The summed E-state index contributed by atoms with van der Waals surface area (Å²) in [5, 5.41) is 1.43. The van der Waals surface area contributed by atoms with Crippen molar-refractivity contribution in [3.05, 3.63) is 78.0 Å². The monoisotopic (exact) mass is 497 g/mol. The van der Waals surface area contributed by atoms with Gasteiger partial charge in [0, 0.05) is 61.7 Å². The molecule has 4 heterocycles. The zero-order chi connectivity index (χ0) is 24.2. The van der Waals surface area contributed by atoms with Gasteiger partial charge in [-0.3, -0.25) is 14.3 Å². The van der Waals surface area contributed by atoms with Gasteiger partial charge < -0.3 is 10.6 Å². The summed E-state index contributed by atoms with van der Waals surface area (Å²) >= 11 is 1.84. The minimum Gasteiger partial charge on any atom is -0.382 e. The van der Waals surface area contributed by atoms with Gasteiger partial charge in [0.2, 0.25) is 0 Å². The Bertz CT molecular complexity index is 1380. The number of thioether (sulfide) groups is 1. The van der Waals surface area contributed by atoms with Gasteiger partial charge in [-0.2, -0.15) is 0 Å². The zero-order valence-electron chi connectivity index (χ0n) is 20.5. The van der Waals surface area contributed by atoms with Crippen molar-refractivity contribution >= 4 is 33.7 Å². The maximum Gasteiger partial charge on any atom is 0.150 e. The average molecular weight is 498 g/mol. The highest BCUT2D eigenvalue weighted by atomic mass is 32.2. The topological polar surface area (TPSA) is 75.0 Å². The highest BCUT2D eigenvalue weighted by Gasteiger charge is 2.39. The van der Waals surface area contributed by atoms with Crippen molar-refractivity contribution in [1.29, 1.82) is 0 Å². The molecule has 8 heteroatoms. The summed E-state index contributed by atoms with van der Waals surface area (Å²) in [4.78, 5) is 19.8. The number of aliphatic imine (C=N–C) groups is 1. The van der Waals surface area contributed by atoms with E-state index in [4.69, 9.17) is 15.7 Å². The third-order valence-electron chi connectivity index (χ3n) is 8.10. The number of anilines is 1. The highest BCUT2D eigenvalue weighted by molar-refractivity contribution is 8.15. The van der Waals surface area contributed by atoms with E-state index >= 15 is 0 Å². The molecule has 3 aromatic rings. The summed E-state index contributed by atoms with van der Waals surface area (Å²) in [6, 6.07) is 11.2. The summed E-state index contributed by atoms with van der Waals surface area (Å²) in [7, 11) is 2.21. The minimum absolute atomic E-state index is 0.105. The number of rotatable bonds is 4. The summed E-state index contributed by atoms with van der Waals surface area (Å²) < 4.78 is 2.19. The third kappa shape index (κ3) is 3.79. The second-order valence-corrected chi connectivity index (χ2v) is 11.5. The summed E-state index contributed by atoms with van der Waals surface area (Å²) in [6.45, 7) is 4.66. The van der Waals surface area contributed by atoms with Crippen molar-refractivity contribution in [3.8, 4) is 0 Å². The molecule has 7 rings (SSSR count). The van der Waals surface area contributed by atoms with Crippen molar-refractivity contribution < 1.29 is 0 Å². The van der Waals surface area contributed by atoms with Crippen molar-refractivity contribution in [3.63, 3.8) is 0 Å². The second-order valence-electron chi connectivity index (χ2n) is 10.4. The van der Waals surface area contributed by atoms with Crippen molar-refractivity contribution in [2.45, 2.75) is 36.1 Å². The van der Waals surface area contributed by atoms with Gasteiger partial charge in [0.15, 0.2) is 0 Å². The predicted octanol–water partition coefficient (Wildman–Crippen LogP) is 3.69. The smallest absolute Gasteiger partial charge is 0.150 e. The van der Waals surface area contributed by atoms with Crippen LogP contribution < -0.4 is 5.73 Å². The molecule has 1 saturated heterocycles. The number of fused-ring (bicyclic) bond motifs is 2. The number of imidazole rings is 1. The van der Waals surface area contributed by atoms with Crippen LogP contribution >= 0.6 is 11.8 Å². The molecular formula is C28H31N7S. The molecule has 2 aliphatic heterocycles. The van der Waals surface area contributed by atoms with Crippen molar-refractivity contribution in [1.82, 2.24) is 24.2 Å². The Morgan fingerprint density at radius 1 is 1.06 bits per heavy atom. The molecule has 2 aliphatic carbocycles. The SMILES string of the molecule is CN1CCN(C2CC(c3nc(C4=CC5N=C(c6ccccc6)SC5C=C4)c4c(N)nccn34)C2)CC1. The summed E-state index contributed by atoms with van der Waals surface area (Å²) in [5.41, 5.74) is 10.6. The molecule has 2 atom stereocenters. The van der Waals surface area contributed by atoms with Crippen LogP contribution in [0.2, 0.25) is 0 Å². The van der Waals surface area contributed by atoms with E-state index in [1.54, 1.807) is 6.20 Å². The first-order chi connectivity index (χ1) is 17.6. The number of piperazine rings is 1. The van der Waals surface area contributed by atoms with Crippen molar-refractivity contribution in [2.75, 3.05) is 39.0 Å². The van der Waals surface area contributed by atoms with Gasteiger partial charge in [0.05, 0.1) is 22.0 Å². The largest absolute Gasteiger partial charge is 0.382 e. The third-order valence-corrected chi connectivity index (χ3v) is 9.38. The lowest BCUT2D eigenvalue weighted by Gasteiger charge is -2.45. The molecule has 0 radical (unpaired) electrons. The molecule has 7 nitrogen and oxygen atoms in total. The van der Waals surface area contributed by atoms with Gasteiger partial charge in [-0.25, -0.2) is 9.97 Å². The lowest BCUT2D eigenvalue weighted by Crippen LogP contribution is -2.52. The van der Waals surface area contributed by atoms with Crippen LogP contribution in [0.4, 0.5) is 5.82 Å². The van der Waals surface area contributed by atoms with Crippen LogP contribution in [0.5, 0.6) is 0 Å². The van der Waals surface area contributed by atoms with Crippen molar-refractivity contribution in [2.24, 2.45) is 4.99 Å². The Morgan fingerprint density at radius 3 is 2.67 bits per heavy atom. The fraction of sp³-hybridized carbons (Fsp3) is 0.393. The molecule has 0 amide bonds. The molecule has 2 N–H and O–H groups in total. The maximum atomic E-state index is 6.43. The van der Waals surface area contributed by atoms with Crippen LogP contribution in [0.3, 0.4) is 0 Å². The highest BCUT2D eigenvalue weighted by Crippen LogP contribution is 2.43. The molecule has 0 bridgehead atoms. The number of allylic oxidation sites excluding steroid dienone is 2. The van der Waals surface area contributed by atoms with E-state index in [0.29, 0.717) is 23.0 Å². The van der Waals surface area contributed by atoms with Crippen LogP contribution in [0, 0.1) is 0 Å². The Balaban J connectivity index is 1.18. The van der Waals surface area contributed by atoms with Crippen LogP contribution in [0.25, 0.3) is 11.1 Å². The summed E-state index contributed by atoms with van der Waals surface area (Å²) in [6.07, 6.45) is 12.9. The van der Waals surface area contributed by atoms with E-state index in [9.17, 15) is 0 Å². The normalized spacial score (nSPS) is 28.6. The first-order valence-electron chi connectivity index (χ1n) is 12.9. The van der Waals surface area contributed by atoms with Gasteiger partial charge in [-0.1, -0.05) is 54.2 Å². The first kappa shape index (κ1) is 22.3. The van der Waals surface area contributed by atoms with E-state index in [1.165, 1.54) is 18.7 Å². The lowest BCUT2D eigenvalue weighted by molar-refractivity contribution is 0.0586. The Labute approximate surface area is 215 Å². The van der Waals surface area contributed by atoms with E-state index in [1.807, 2.05) is 24.0 Å². The van der Waals surface area contributed by atoms with Crippen LogP contribution in [-0.4, -0.2) is 79.8 Å². The number of nitrogen functional groups attached to an aromatic ring is 1. The molecule has 184 valence electrons. The van der Waals surface area contributed by atoms with Gasteiger partial charge in [0.25, 0.3) is 0 Å².